The van der Waals surface area contributed by atoms with Gasteiger partial charge in [0.25, 0.3) is 0 Å². The highest BCUT2D eigenvalue weighted by Gasteiger charge is 2.38. The average Bonchev–Trinajstić information content (AvgIpc) is 2.39. The van der Waals surface area contributed by atoms with Crippen molar-refractivity contribution in [2.75, 3.05) is 5.32 Å². The van der Waals surface area contributed by atoms with Gasteiger partial charge in [0.05, 0.1) is 0 Å². The molecule has 2 aromatic rings. The number of hydrogen-bond donors (Lipinski definition) is 1. The number of rotatable bonds is 3. The smallest absolute Gasteiger partial charge is 0.457 e. The van der Waals surface area contributed by atoms with Crippen LogP contribution < -0.4 is 10.1 Å². The maximum absolute atomic E-state index is 12.1. The molecule has 0 saturated carbocycles. The molecule has 0 atom stereocenters. The van der Waals surface area contributed by atoms with Gasteiger partial charge in [-0.2, -0.15) is 13.2 Å². The minimum atomic E-state index is -4.92. The summed E-state index contributed by atoms with van der Waals surface area (Å²) in [5.41, 5.74) is 0.0146. The Kier molecular flexibility index (Phi) is 3.93. The van der Waals surface area contributed by atoms with E-state index in [1.54, 1.807) is 35.6 Å². The molecule has 3 nitrogen and oxygen atoms in total. The van der Waals surface area contributed by atoms with E-state index < -0.39 is 12.1 Å². The van der Waals surface area contributed by atoms with Gasteiger partial charge in [-0.1, -0.05) is 24.3 Å². The summed E-state index contributed by atoms with van der Waals surface area (Å²) in [7, 11) is 0. The lowest BCUT2D eigenvalue weighted by Crippen LogP contribution is -2.29. The Hall–Kier alpha value is -2.50. The summed E-state index contributed by atoms with van der Waals surface area (Å²) in [6.45, 7) is 0. The van der Waals surface area contributed by atoms with Gasteiger partial charge in [-0.15, -0.1) is 0 Å². The lowest BCUT2D eigenvalue weighted by atomic mass is 10.3. The Morgan fingerprint density at radius 2 is 1.60 bits per heavy atom. The summed E-state index contributed by atoms with van der Waals surface area (Å²) < 4.78 is 41.9. The zero-order valence-corrected chi connectivity index (χ0v) is 10.1. The van der Waals surface area contributed by atoms with Gasteiger partial charge in [0.15, 0.2) is 0 Å². The fraction of sp³-hybridized carbons (Fsp3) is 0.0714. The predicted molar refractivity (Wildman–Crippen MR) is 67.6 cm³/mol. The Labute approximate surface area is 113 Å². The van der Waals surface area contributed by atoms with Crippen LogP contribution in [-0.4, -0.2) is 12.1 Å². The first kappa shape index (κ1) is 13.9. The van der Waals surface area contributed by atoms with Crippen molar-refractivity contribution in [2.45, 2.75) is 6.18 Å². The van der Waals surface area contributed by atoms with E-state index in [9.17, 15) is 18.0 Å². The van der Waals surface area contributed by atoms with E-state index in [0.717, 1.165) is 0 Å². The third kappa shape index (κ3) is 3.74. The molecule has 1 N–H and O–H groups in total. The van der Waals surface area contributed by atoms with Crippen LogP contribution in [0.2, 0.25) is 0 Å². The molecule has 2 rings (SSSR count). The Morgan fingerprint density at radius 3 is 2.25 bits per heavy atom. The number of nitrogens with one attached hydrogen (secondary N) is 1. The molecule has 0 heterocycles. The Balaban J connectivity index is 2.10. The van der Waals surface area contributed by atoms with Crippen LogP contribution in [0.25, 0.3) is 0 Å². The van der Waals surface area contributed by atoms with Crippen molar-refractivity contribution in [3.8, 4) is 11.5 Å². The predicted octanol–water partition coefficient (Wildman–Crippen LogP) is 3.98. The highest BCUT2D eigenvalue weighted by atomic mass is 19.4. The van der Waals surface area contributed by atoms with Gasteiger partial charge in [0.2, 0.25) is 0 Å². The summed E-state index contributed by atoms with van der Waals surface area (Å²) in [6.07, 6.45) is -4.92. The number of alkyl halides is 3. The van der Waals surface area contributed by atoms with E-state index in [-0.39, 0.29) is 5.69 Å². The quantitative estimate of drug-likeness (QED) is 0.924. The first-order valence-electron chi connectivity index (χ1n) is 5.66. The number of benzene rings is 2. The topological polar surface area (TPSA) is 38.3 Å². The standard InChI is InChI=1S/C14H10F3NO2/c15-14(16,17)13(19)18-10-5-4-8-12(9-10)20-11-6-2-1-3-7-11/h1-9H,(H,18,19). The fourth-order valence-corrected chi connectivity index (χ4v) is 1.46. The monoisotopic (exact) mass is 281 g/mol. The SMILES string of the molecule is O=C(Nc1cccc(Oc2ccccc2)c1)C(F)(F)F. The molecular weight excluding hydrogens is 271 g/mol. The van der Waals surface area contributed by atoms with Crippen LogP contribution >= 0.6 is 0 Å². The third-order valence-electron chi connectivity index (χ3n) is 2.33. The van der Waals surface area contributed by atoms with Gasteiger partial charge in [-0.25, -0.2) is 0 Å². The summed E-state index contributed by atoms with van der Waals surface area (Å²) in [5, 5.41) is 1.76. The number of carbonyl (C=O) groups is 1. The molecule has 0 aliphatic rings. The zero-order valence-electron chi connectivity index (χ0n) is 10.1. The lowest BCUT2D eigenvalue weighted by Gasteiger charge is -2.10. The molecule has 0 fully saturated rings. The summed E-state index contributed by atoms with van der Waals surface area (Å²) in [5.74, 6) is -1.14. The van der Waals surface area contributed by atoms with Gasteiger partial charge in [-0.3, -0.25) is 4.79 Å². The van der Waals surface area contributed by atoms with Crippen LogP contribution in [0.4, 0.5) is 18.9 Å². The highest BCUT2D eigenvalue weighted by Crippen LogP contribution is 2.25. The largest absolute Gasteiger partial charge is 0.471 e. The molecule has 0 spiro atoms. The van der Waals surface area contributed by atoms with E-state index in [0.29, 0.717) is 11.5 Å². The van der Waals surface area contributed by atoms with Gasteiger partial charge in [-0.05, 0) is 24.3 Å². The number of halogens is 3. The summed E-state index contributed by atoms with van der Waals surface area (Å²) >= 11 is 0. The molecule has 104 valence electrons. The Morgan fingerprint density at radius 1 is 0.950 bits per heavy atom. The van der Waals surface area contributed by atoms with E-state index >= 15 is 0 Å². The van der Waals surface area contributed by atoms with Gasteiger partial charge >= 0.3 is 12.1 Å². The van der Waals surface area contributed by atoms with Crippen molar-refractivity contribution in [3.63, 3.8) is 0 Å². The van der Waals surface area contributed by atoms with Crippen LogP contribution in [0.1, 0.15) is 0 Å². The minimum Gasteiger partial charge on any atom is -0.457 e. The zero-order chi connectivity index (χ0) is 14.6. The average molecular weight is 281 g/mol. The number of ether oxygens (including phenoxy) is 1. The maximum Gasteiger partial charge on any atom is 0.471 e. The van der Waals surface area contributed by atoms with Crippen LogP contribution in [0.5, 0.6) is 11.5 Å². The molecule has 0 bridgehead atoms. The molecule has 0 aliphatic carbocycles. The molecule has 0 saturated heterocycles. The molecule has 20 heavy (non-hydrogen) atoms. The van der Waals surface area contributed by atoms with Gasteiger partial charge in [0.1, 0.15) is 11.5 Å². The molecule has 0 aromatic heterocycles. The van der Waals surface area contributed by atoms with Gasteiger partial charge < -0.3 is 10.1 Å². The number of amides is 1. The molecular formula is C14H10F3NO2. The van der Waals surface area contributed by atoms with Crippen LogP contribution in [0.15, 0.2) is 54.6 Å². The Bertz CT molecular complexity index is 597. The van der Waals surface area contributed by atoms with Crippen LogP contribution in [0, 0.1) is 0 Å². The van der Waals surface area contributed by atoms with E-state index in [1.165, 1.54) is 18.2 Å². The number of anilines is 1. The number of para-hydroxylation sites is 1. The lowest BCUT2D eigenvalue weighted by molar-refractivity contribution is -0.167. The summed E-state index contributed by atoms with van der Waals surface area (Å²) in [6, 6.07) is 14.5. The summed E-state index contributed by atoms with van der Waals surface area (Å²) in [4.78, 5) is 10.8. The van der Waals surface area contributed by atoms with E-state index in [4.69, 9.17) is 4.74 Å². The van der Waals surface area contributed by atoms with Crippen molar-refractivity contribution in [2.24, 2.45) is 0 Å². The van der Waals surface area contributed by atoms with E-state index in [2.05, 4.69) is 0 Å². The molecule has 6 heteroatoms. The molecule has 0 radical (unpaired) electrons. The molecule has 1 amide bonds. The minimum absolute atomic E-state index is 0.0146. The first-order chi connectivity index (χ1) is 9.45. The van der Waals surface area contributed by atoms with Crippen molar-refractivity contribution < 1.29 is 22.7 Å². The third-order valence-corrected chi connectivity index (χ3v) is 2.33. The second-order valence-corrected chi connectivity index (χ2v) is 3.89. The van der Waals surface area contributed by atoms with Crippen LogP contribution in [-0.2, 0) is 4.79 Å². The second-order valence-electron chi connectivity index (χ2n) is 3.89. The van der Waals surface area contributed by atoms with E-state index in [1.807, 2.05) is 6.07 Å². The molecule has 0 aliphatic heterocycles. The number of carbonyl (C=O) groups excluding carboxylic acids is 1. The van der Waals surface area contributed by atoms with Crippen molar-refractivity contribution in [1.29, 1.82) is 0 Å². The number of hydrogen-bond acceptors (Lipinski definition) is 2. The van der Waals surface area contributed by atoms with Crippen LogP contribution in [0.3, 0.4) is 0 Å². The molecule has 0 unspecified atom stereocenters. The van der Waals surface area contributed by atoms with Crippen molar-refractivity contribution >= 4 is 11.6 Å². The van der Waals surface area contributed by atoms with Crippen molar-refractivity contribution in [3.05, 3.63) is 54.6 Å². The fourth-order valence-electron chi connectivity index (χ4n) is 1.46. The molecule has 2 aromatic carbocycles. The van der Waals surface area contributed by atoms with Gasteiger partial charge in [0, 0.05) is 11.8 Å². The maximum atomic E-state index is 12.1. The highest BCUT2D eigenvalue weighted by molar-refractivity contribution is 5.95. The van der Waals surface area contributed by atoms with Crippen molar-refractivity contribution in [1.82, 2.24) is 0 Å². The second kappa shape index (κ2) is 5.64. The normalized spacial score (nSPS) is 10.9. The first-order valence-corrected chi connectivity index (χ1v) is 5.66.